The van der Waals surface area contributed by atoms with Gasteiger partial charge in [0.25, 0.3) is 0 Å². The molecule has 0 fully saturated rings. The van der Waals surface area contributed by atoms with E-state index in [1.54, 1.807) is 27.7 Å². The van der Waals surface area contributed by atoms with E-state index in [0.717, 1.165) is 6.92 Å². The summed E-state index contributed by atoms with van der Waals surface area (Å²) < 4.78 is 23.5. The zero-order valence-corrected chi connectivity index (χ0v) is 38.4. The first kappa shape index (κ1) is 68.7. The van der Waals surface area contributed by atoms with Crippen molar-refractivity contribution in [1.82, 2.24) is 5.32 Å². The van der Waals surface area contributed by atoms with Crippen LogP contribution < -0.4 is 22.5 Å². The zero-order valence-electron chi connectivity index (χ0n) is 38.4. The van der Waals surface area contributed by atoms with E-state index in [2.05, 4.69) is 46.8 Å². The van der Waals surface area contributed by atoms with Crippen molar-refractivity contribution < 1.29 is 103 Å². The molecule has 0 aliphatic rings. The summed E-state index contributed by atoms with van der Waals surface area (Å²) in [5, 5.41) is 86.9. The largest absolute Gasteiger partial charge is 0.463 e. The number of carbonyl (C=O) groups excluding carboxylic acids is 7. The molecule has 0 aromatic carbocycles. The molecule has 0 heterocycles. The first-order valence-electron chi connectivity index (χ1n) is 19.1. The fourth-order valence-corrected chi connectivity index (χ4v) is 3.02. The lowest BCUT2D eigenvalue weighted by Crippen LogP contribution is -2.50. The van der Waals surface area contributed by atoms with Gasteiger partial charge in [-0.2, -0.15) is 0 Å². The third-order valence-electron chi connectivity index (χ3n) is 6.56. The third-order valence-corrected chi connectivity index (χ3v) is 6.56. The van der Waals surface area contributed by atoms with Crippen LogP contribution in [0.2, 0.25) is 0 Å². The van der Waals surface area contributed by atoms with Gasteiger partial charge in [0.2, 0.25) is 11.8 Å². The summed E-state index contributed by atoms with van der Waals surface area (Å²) >= 11 is 0. The van der Waals surface area contributed by atoms with Gasteiger partial charge >= 0.3 is 30.0 Å². The molecule has 16 N–H and O–H groups in total. The van der Waals surface area contributed by atoms with Crippen molar-refractivity contribution in [1.29, 1.82) is 0 Å². The number of hydrogen-bond acceptors (Lipinski definition) is 22. The standard InChI is InChI=1S/C15H27NO8.C11H16O5.C8H17NO6.C4H7NO.C2H5NO/c1-8(2)13(21)23-7-10(18)12(20)11(19)9(17)6-16-14(22)24-15(3,4)5;1-7(2)10(13)15-6-9(5-12)16-11(14)8(3)4;1-4(10)15-3-6(12)8(14)7(13)5(11)2-9;1-3(2)4(5)6;1-2(3)4/h9-12,17-20H,1,6-7H2,2-5H3,(H,16,22);9,12H,1,3,5-6H2,2,4H3;5-8,11-14H,2-3,9H2,1H3;1H2,2H3,(H2,5,6);1H3,(H2,3,4). The van der Waals surface area contributed by atoms with Gasteiger partial charge in [-0.15, -0.1) is 0 Å². The molecule has 0 radical (unpaired) electrons. The van der Waals surface area contributed by atoms with Crippen molar-refractivity contribution in [3.63, 3.8) is 0 Å². The summed E-state index contributed by atoms with van der Waals surface area (Å²) in [6, 6.07) is 0. The van der Waals surface area contributed by atoms with Crippen LogP contribution in [0.15, 0.2) is 48.6 Å². The molecular formula is C40H72N4O21. The van der Waals surface area contributed by atoms with Crippen LogP contribution in [0.3, 0.4) is 0 Å². The second kappa shape index (κ2) is 36.9. The van der Waals surface area contributed by atoms with Crippen LogP contribution in [0.1, 0.15) is 62.3 Å². The van der Waals surface area contributed by atoms with Crippen molar-refractivity contribution in [2.45, 2.75) is 123 Å². The molecule has 65 heavy (non-hydrogen) atoms. The Morgan fingerprint density at radius 1 is 0.569 bits per heavy atom. The predicted octanol–water partition coefficient (Wildman–Crippen LogP) is -3.85. The Morgan fingerprint density at radius 3 is 1.22 bits per heavy atom. The van der Waals surface area contributed by atoms with Crippen LogP contribution in [0.4, 0.5) is 4.79 Å². The van der Waals surface area contributed by atoms with Gasteiger partial charge in [-0.1, -0.05) is 26.3 Å². The number of amides is 3. The minimum absolute atomic E-state index is 0.110. The van der Waals surface area contributed by atoms with Crippen molar-refractivity contribution >= 4 is 41.8 Å². The second-order valence-electron chi connectivity index (χ2n) is 14.7. The molecule has 0 bridgehead atoms. The molecule has 9 atom stereocenters. The molecule has 0 aromatic heterocycles. The number of rotatable bonds is 21. The summed E-state index contributed by atoms with van der Waals surface area (Å²) in [5.41, 5.74) is 14.4. The maximum atomic E-state index is 11.4. The Kier molecular flexibility index (Phi) is 39.0. The maximum Gasteiger partial charge on any atom is 0.407 e. The smallest absolute Gasteiger partial charge is 0.407 e. The average Bonchev–Trinajstić information content (AvgIpc) is 3.20. The van der Waals surface area contributed by atoms with Gasteiger partial charge in [0.05, 0.1) is 18.8 Å². The fraction of sp³-hybridized carbons (Fsp3) is 0.625. The van der Waals surface area contributed by atoms with Gasteiger partial charge in [0, 0.05) is 49.2 Å². The molecule has 0 aromatic rings. The number of hydrogen-bond donors (Lipinski definition) is 13. The van der Waals surface area contributed by atoms with E-state index < -0.39 is 123 Å². The molecule has 0 aliphatic heterocycles. The monoisotopic (exact) mass is 944 g/mol. The molecule has 3 amide bonds. The Balaban J connectivity index is -0.000000256. The lowest BCUT2D eigenvalue weighted by atomic mass is 10.0. The molecule has 0 rings (SSSR count). The van der Waals surface area contributed by atoms with Gasteiger partial charge < -0.3 is 92.2 Å². The molecule has 0 aliphatic carbocycles. The third kappa shape index (κ3) is 41.1. The molecule has 0 spiro atoms. The lowest BCUT2D eigenvalue weighted by molar-refractivity contribution is -0.156. The summed E-state index contributed by atoms with van der Waals surface area (Å²) in [6.07, 6.45) is -14.5. The molecule has 25 heteroatoms. The number of ether oxygens (including phenoxy) is 5. The minimum Gasteiger partial charge on any atom is -0.463 e. The Labute approximate surface area is 378 Å². The fourth-order valence-electron chi connectivity index (χ4n) is 3.02. The van der Waals surface area contributed by atoms with Crippen LogP contribution in [-0.4, -0.2) is 188 Å². The van der Waals surface area contributed by atoms with E-state index in [-0.39, 0.29) is 35.8 Å². The Hall–Kier alpha value is -5.35. The first-order valence-corrected chi connectivity index (χ1v) is 19.1. The number of esters is 4. The van der Waals surface area contributed by atoms with Crippen molar-refractivity contribution in [3.8, 4) is 0 Å². The van der Waals surface area contributed by atoms with E-state index in [4.69, 9.17) is 35.9 Å². The number of aliphatic hydroxyl groups is 9. The lowest BCUT2D eigenvalue weighted by Gasteiger charge is -2.27. The molecule has 0 saturated carbocycles. The number of alkyl carbamates (subject to hydrolysis) is 1. The molecular weight excluding hydrogens is 872 g/mol. The minimum atomic E-state index is -1.79. The van der Waals surface area contributed by atoms with Crippen molar-refractivity contribution in [3.05, 3.63) is 48.6 Å². The van der Waals surface area contributed by atoms with Crippen molar-refractivity contribution in [2.24, 2.45) is 17.2 Å². The van der Waals surface area contributed by atoms with Gasteiger partial charge in [-0.05, 0) is 48.5 Å². The number of carbonyl (C=O) groups is 7. The SMILES string of the molecule is C=C(C)C(=O)OCC(CO)OC(=O)C(=C)C.C=C(C)C(=O)OCC(O)C(O)C(O)C(O)CNC(=O)OC(C)(C)C.C=C(C)C(N)=O.CC(=O)OCC(O)C(O)C(O)C(O)CN.CC(N)=O. The van der Waals surface area contributed by atoms with Gasteiger partial charge in [0.15, 0.2) is 6.10 Å². The number of nitrogens with two attached hydrogens (primary N) is 3. The van der Waals surface area contributed by atoms with E-state index in [9.17, 15) is 69.3 Å². The maximum absolute atomic E-state index is 11.4. The van der Waals surface area contributed by atoms with E-state index in [1.165, 1.54) is 27.7 Å². The molecule has 0 saturated heterocycles. The van der Waals surface area contributed by atoms with Gasteiger partial charge in [-0.25, -0.2) is 19.2 Å². The highest BCUT2D eigenvalue weighted by atomic mass is 16.6. The van der Waals surface area contributed by atoms with Crippen LogP contribution in [0, 0.1) is 0 Å². The van der Waals surface area contributed by atoms with E-state index in [0.29, 0.717) is 5.57 Å². The highest BCUT2D eigenvalue weighted by Crippen LogP contribution is 2.09. The van der Waals surface area contributed by atoms with Crippen LogP contribution >= 0.6 is 0 Å². The summed E-state index contributed by atoms with van der Waals surface area (Å²) in [4.78, 5) is 74.2. The molecule has 9 unspecified atom stereocenters. The van der Waals surface area contributed by atoms with Gasteiger partial charge in [-0.3, -0.25) is 14.4 Å². The zero-order chi connectivity index (χ0) is 52.5. The molecule has 378 valence electrons. The number of aliphatic hydroxyl groups excluding tert-OH is 9. The molecule has 25 nitrogen and oxygen atoms in total. The van der Waals surface area contributed by atoms with E-state index in [1.807, 2.05) is 0 Å². The second-order valence-corrected chi connectivity index (χ2v) is 14.7. The van der Waals surface area contributed by atoms with Crippen LogP contribution in [0.5, 0.6) is 0 Å². The Bertz CT molecular complexity index is 1520. The van der Waals surface area contributed by atoms with Crippen molar-refractivity contribution in [2.75, 3.05) is 39.5 Å². The predicted molar refractivity (Wildman–Crippen MR) is 230 cm³/mol. The van der Waals surface area contributed by atoms with Gasteiger partial charge in [0.1, 0.15) is 62.0 Å². The summed E-state index contributed by atoms with van der Waals surface area (Å²) in [6.45, 7) is 24.4. The highest BCUT2D eigenvalue weighted by Gasteiger charge is 2.32. The highest BCUT2D eigenvalue weighted by molar-refractivity contribution is 5.90. The average molecular weight is 945 g/mol. The first-order chi connectivity index (χ1) is 29.5. The van der Waals surface area contributed by atoms with Crippen LogP contribution in [0.25, 0.3) is 0 Å². The quantitative estimate of drug-likeness (QED) is 0.0298. The summed E-state index contributed by atoms with van der Waals surface area (Å²) in [5.74, 6) is -3.37. The topological polar surface area (TPSA) is 438 Å². The number of primary amides is 2. The Morgan fingerprint density at radius 2 is 0.908 bits per heavy atom. The van der Waals surface area contributed by atoms with Crippen LogP contribution in [-0.2, 0) is 52.5 Å². The number of nitrogens with one attached hydrogen (secondary N) is 1. The normalized spacial score (nSPS) is 14.4. The van der Waals surface area contributed by atoms with E-state index >= 15 is 0 Å². The summed E-state index contributed by atoms with van der Waals surface area (Å²) in [7, 11) is 0.